The van der Waals surface area contributed by atoms with Gasteiger partial charge in [0, 0.05) is 15.1 Å². The molecule has 3 aromatic carbocycles. The van der Waals surface area contributed by atoms with Gasteiger partial charge in [-0.15, -0.1) is 0 Å². The number of allylic oxidation sites excluding steroid dienone is 2. The summed E-state index contributed by atoms with van der Waals surface area (Å²) in [6.45, 7) is 1.70. The molecule has 6 atom stereocenters. The van der Waals surface area contributed by atoms with E-state index in [1.165, 1.54) is 30.2 Å². The monoisotopic (exact) mass is 740 g/mol. The van der Waals surface area contributed by atoms with Crippen molar-refractivity contribution in [3.63, 3.8) is 0 Å². The lowest BCUT2D eigenvalue weighted by atomic mass is 9.51. The molecule has 4 aliphatic rings. The fourth-order valence-electron chi connectivity index (χ4n) is 8.04. The van der Waals surface area contributed by atoms with Gasteiger partial charge in [-0.2, -0.15) is 0 Å². The molecule has 230 valence electrons. The Morgan fingerprint density at radius 3 is 2.36 bits per heavy atom. The maximum absolute atomic E-state index is 14.5. The summed E-state index contributed by atoms with van der Waals surface area (Å²) in [4.78, 5) is 59.0. The van der Waals surface area contributed by atoms with Gasteiger partial charge in [-0.3, -0.25) is 24.1 Å². The predicted molar refractivity (Wildman–Crippen MR) is 172 cm³/mol. The van der Waals surface area contributed by atoms with E-state index >= 15 is 0 Å². The fourth-order valence-corrected chi connectivity index (χ4v) is 8.57. The van der Waals surface area contributed by atoms with Gasteiger partial charge >= 0.3 is 0 Å². The molecule has 0 spiro atoms. The van der Waals surface area contributed by atoms with Crippen molar-refractivity contribution in [2.75, 3.05) is 16.9 Å². The number of rotatable bonds is 4. The zero-order chi connectivity index (χ0) is 31.9. The van der Waals surface area contributed by atoms with Gasteiger partial charge < -0.3 is 9.84 Å². The third-order valence-electron chi connectivity index (χ3n) is 10.1. The molecular formula is C34H27ClFIN2O6. The average molecular weight is 741 g/mol. The third kappa shape index (κ3) is 4.21. The zero-order valence-corrected chi connectivity index (χ0v) is 27.1. The number of phenols is 1. The van der Waals surface area contributed by atoms with Crippen LogP contribution in [0.2, 0.25) is 5.02 Å². The lowest BCUT2D eigenvalue weighted by Gasteiger charge is -2.49. The highest BCUT2D eigenvalue weighted by Crippen LogP contribution is 2.65. The summed E-state index contributed by atoms with van der Waals surface area (Å²) < 4.78 is 20.7. The average Bonchev–Trinajstić information content (AvgIpc) is 3.39. The molecular weight excluding hydrogens is 714 g/mol. The second-order valence-electron chi connectivity index (χ2n) is 12.1. The van der Waals surface area contributed by atoms with Crippen molar-refractivity contribution < 1.29 is 33.4 Å². The molecule has 0 bridgehead atoms. The molecule has 0 radical (unpaired) electrons. The van der Waals surface area contributed by atoms with E-state index in [1.807, 2.05) is 18.2 Å². The minimum Gasteiger partial charge on any atom is -0.508 e. The number of carbonyl (C=O) groups excluding carboxylic acids is 4. The Morgan fingerprint density at radius 2 is 1.67 bits per heavy atom. The van der Waals surface area contributed by atoms with Crippen molar-refractivity contribution in [2.45, 2.75) is 25.7 Å². The van der Waals surface area contributed by atoms with Crippen molar-refractivity contribution in [3.8, 4) is 11.5 Å². The summed E-state index contributed by atoms with van der Waals surface area (Å²) in [5.41, 5.74) is 0.226. The van der Waals surface area contributed by atoms with Crippen LogP contribution in [0.3, 0.4) is 0 Å². The molecule has 1 saturated carbocycles. The molecule has 3 fully saturated rings. The van der Waals surface area contributed by atoms with Crippen molar-refractivity contribution in [3.05, 3.63) is 92.3 Å². The maximum Gasteiger partial charge on any atom is 0.241 e. The van der Waals surface area contributed by atoms with Gasteiger partial charge in [-0.1, -0.05) is 29.3 Å². The van der Waals surface area contributed by atoms with Crippen LogP contribution in [0.5, 0.6) is 11.5 Å². The van der Waals surface area contributed by atoms with Crippen molar-refractivity contribution in [1.29, 1.82) is 0 Å². The summed E-state index contributed by atoms with van der Waals surface area (Å²) in [7, 11) is 1.45. The summed E-state index contributed by atoms with van der Waals surface area (Å²) in [5, 5.41) is 11.1. The summed E-state index contributed by atoms with van der Waals surface area (Å²) in [5.74, 6) is -5.98. The van der Waals surface area contributed by atoms with Crippen LogP contribution < -0.4 is 14.5 Å². The number of fused-ring (bicyclic) bond motifs is 4. The number of phenolic OH excluding ortho intramolecular Hbond substituents is 1. The van der Waals surface area contributed by atoms with Gasteiger partial charge in [0.15, 0.2) is 0 Å². The zero-order valence-electron chi connectivity index (χ0n) is 24.2. The van der Waals surface area contributed by atoms with E-state index in [2.05, 4.69) is 22.6 Å². The molecule has 1 N–H and O–H groups in total. The second kappa shape index (κ2) is 10.7. The van der Waals surface area contributed by atoms with Crippen LogP contribution in [0, 0.1) is 38.5 Å². The fraction of sp³-hybridized carbons (Fsp3) is 0.294. The van der Waals surface area contributed by atoms with Crippen LogP contribution in [0.15, 0.2) is 72.3 Å². The molecule has 6 unspecified atom stereocenters. The first-order chi connectivity index (χ1) is 21.5. The highest BCUT2D eigenvalue weighted by Gasteiger charge is 2.68. The SMILES string of the molecule is COc1cccc(O)c1C1C2=CCC3C(=O)N(c4ccc(I)cc4)C(=O)C3C2CC2C(=O)N(c3ccc(F)c(Cl)c3)C(=O)C21C. The van der Waals surface area contributed by atoms with E-state index in [9.17, 15) is 28.7 Å². The van der Waals surface area contributed by atoms with Crippen LogP contribution in [0.1, 0.15) is 31.2 Å². The number of carbonyl (C=O) groups is 4. The van der Waals surface area contributed by atoms with Gasteiger partial charge in [0.1, 0.15) is 17.3 Å². The van der Waals surface area contributed by atoms with Gasteiger partial charge in [-0.05, 0) is 103 Å². The Balaban J connectivity index is 1.40. The minimum atomic E-state index is -1.42. The van der Waals surface area contributed by atoms with E-state index < -0.39 is 52.6 Å². The normalized spacial score (nSPS) is 29.0. The number of methoxy groups -OCH3 is 1. The Morgan fingerprint density at radius 1 is 0.956 bits per heavy atom. The highest BCUT2D eigenvalue weighted by molar-refractivity contribution is 14.1. The molecule has 2 aliphatic heterocycles. The largest absolute Gasteiger partial charge is 0.508 e. The molecule has 45 heavy (non-hydrogen) atoms. The molecule has 11 heteroatoms. The number of hydrogen-bond donors (Lipinski definition) is 1. The molecule has 0 aromatic heterocycles. The summed E-state index contributed by atoms with van der Waals surface area (Å²) >= 11 is 8.22. The Hall–Kier alpha value is -3.77. The van der Waals surface area contributed by atoms with E-state index in [0.29, 0.717) is 22.6 Å². The van der Waals surface area contributed by atoms with Crippen LogP contribution in [0.25, 0.3) is 0 Å². The Bertz CT molecular complexity index is 1850. The number of aromatic hydroxyl groups is 1. The second-order valence-corrected chi connectivity index (χ2v) is 13.8. The summed E-state index contributed by atoms with van der Waals surface area (Å²) in [6, 6.07) is 15.6. The van der Waals surface area contributed by atoms with Gasteiger partial charge in [0.05, 0.1) is 46.7 Å². The summed E-state index contributed by atoms with van der Waals surface area (Å²) in [6.07, 6.45) is 2.29. The van der Waals surface area contributed by atoms with Crippen LogP contribution in [0.4, 0.5) is 15.8 Å². The first kappa shape index (κ1) is 29.9. The maximum atomic E-state index is 14.5. The van der Waals surface area contributed by atoms with E-state index in [-0.39, 0.29) is 41.1 Å². The number of nitrogens with zero attached hydrogens (tertiary/aromatic N) is 2. The van der Waals surface area contributed by atoms with Crippen LogP contribution >= 0.6 is 34.2 Å². The number of imide groups is 2. The van der Waals surface area contributed by atoms with Gasteiger partial charge in [0.25, 0.3) is 0 Å². The quantitative estimate of drug-likeness (QED) is 0.193. The van der Waals surface area contributed by atoms with E-state index in [0.717, 1.165) is 14.5 Å². The molecule has 4 amide bonds. The van der Waals surface area contributed by atoms with Crippen LogP contribution in [-0.2, 0) is 19.2 Å². The van der Waals surface area contributed by atoms with Crippen molar-refractivity contribution in [2.24, 2.45) is 29.1 Å². The minimum absolute atomic E-state index is 0.124. The van der Waals surface area contributed by atoms with E-state index in [1.54, 1.807) is 31.2 Å². The third-order valence-corrected chi connectivity index (χ3v) is 11.1. The van der Waals surface area contributed by atoms with Gasteiger partial charge in [-0.25, -0.2) is 9.29 Å². The predicted octanol–water partition coefficient (Wildman–Crippen LogP) is 6.23. The first-order valence-electron chi connectivity index (χ1n) is 14.5. The van der Waals surface area contributed by atoms with Gasteiger partial charge in [0.2, 0.25) is 23.6 Å². The number of anilines is 2. The lowest BCUT2D eigenvalue weighted by Crippen LogP contribution is -2.49. The molecule has 2 aliphatic carbocycles. The first-order valence-corrected chi connectivity index (χ1v) is 16.0. The standard InChI is InChI=1S/C34H27ClFIN2O6/c1-34-22(31(42)39(33(34)44)18-10-13-24(36)23(35)14-18)15-21-19(29(34)28-25(40)4-3-5-26(28)45-2)11-12-20-27(21)32(43)38(30(20)41)17-8-6-16(37)7-9-17/h3-11,13-14,20-22,27,29,40H,12,15H2,1-2H3. The number of halogens is 3. The highest BCUT2D eigenvalue weighted by atomic mass is 127. The smallest absolute Gasteiger partial charge is 0.241 e. The van der Waals surface area contributed by atoms with Crippen molar-refractivity contribution in [1.82, 2.24) is 0 Å². The topological polar surface area (TPSA) is 104 Å². The molecule has 3 aromatic rings. The Labute approximate surface area is 276 Å². The molecule has 2 saturated heterocycles. The number of amides is 4. The number of ether oxygens (including phenoxy) is 1. The Kier molecular flexibility index (Phi) is 7.08. The van der Waals surface area contributed by atoms with Crippen LogP contribution in [-0.4, -0.2) is 35.8 Å². The molecule has 8 nitrogen and oxygen atoms in total. The molecule has 2 heterocycles. The van der Waals surface area contributed by atoms with Crippen molar-refractivity contribution >= 4 is 69.2 Å². The molecule has 7 rings (SSSR count). The lowest BCUT2D eigenvalue weighted by molar-refractivity contribution is -0.131. The number of benzene rings is 3. The number of hydrogen-bond acceptors (Lipinski definition) is 6. The van der Waals surface area contributed by atoms with E-state index in [4.69, 9.17) is 16.3 Å².